The maximum Gasteiger partial charge on any atom is 0.198 e. The minimum absolute atomic E-state index is 0.150. The highest BCUT2D eigenvalue weighted by Crippen LogP contribution is 2.31. The van der Waals surface area contributed by atoms with Gasteiger partial charge in [-0.25, -0.2) is 0 Å². The van der Waals surface area contributed by atoms with E-state index in [0.717, 1.165) is 47.2 Å². The van der Waals surface area contributed by atoms with Gasteiger partial charge in [-0.05, 0) is 61.4 Å². The number of nitrogens with zero attached hydrogens (tertiary/aromatic N) is 3. The van der Waals surface area contributed by atoms with E-state index in [9.17, 15) is 5.11 Å². The third-order valence-electron chi connectivity index (χ3n) is 5.90. The summed E-state index contributed by atoms with van der Waals surface area (Å²) in [5.41, 5.74) is 6.00. The Morgan fingerprint density at radius 1 is 1.10 bits per heavy atom. The third kappa shape index (κ3) is 3.43. The second-order valence-corrected chi connectivity index (χ2v) is 7.85. The second-order valence-electron chi connectivity index (χ2n) is 7.85. The Hall–Kier alpha value is -3.60. The maximum atomic E-state index is 10.3. The molecule has 0 saturated carbocycles. The average molecular weight is 396 g/mol. The summed E-state index contributed by atoms with van der Waals surface area (Å²) in [6.45, 7) is 4.06. The highest BCUT2D eigenvalue weighted by molar-refractivity contribution is 6.04. The van der Waals surface area contributed by atoms with Gasteiger partial charge in [0.25, 0.3) is 0 Å². The van der Waals surface area contributed by atoms with E-state index in [4.69, 9.17) is 0 Å². The smallest absolute Gasteiger partial charge is 0.198 e. The summed E-state index contributed by atoms with van der Waals surface area (Å²) in [6.07, 6.45) is 4.73. The molecule has 5 heteroatoms. The van der Waals surface area contributed by atoms with Crippen molar-refractivity contribution in [1.82, 2.24) is 9.97 Å². The predicted octanol–water partition coefficient (Wildman–Crippen LogP) is 5.32. The van der Waals surface area contributed by atoms with Crippen LogP contribution in [0.15, 0.2) is 71.9 Å². The molecule has 1 aliphatic heterocycles. The number of aromatic nitrogens is 2. The monoisotopic (exact) mass is 396 g/mol. The van der Waals surface area contributed by atoms with E-state index in [2.05, 4.69) is 44.1 Å². The highest BCUT2D eigenvalue weighted by atomic mass is 16.3. The normalized spacial score (nSPS) is 16.7. The van der Waals surface area contributed by atoms with Crippen LogP contribution in [-0.4, -0.2) is 34.4 Å². The lowest BCUT2D eigenvalue weighted by Gasteiger charge is -2.18. The molecule has 1 saturated heterocycles. The molecule has 3 heterocycles. The van der Waals surface area contributed by atoms with Crippen LogP contribution in [0.25, 0.3) is 10.9 Å². The molecule has 0 radical (unpaired) electrons. The van der Waals surface area contributed by atoms with Crippen molar-refractivity contribution in [2.45, 2.75) is 19.3 Å². The van der Waals surface area contributed by atoms with E-state index in [1.807, 2.05) is 49.5 Å². The lowest BCUT2D eigenvalue weighted by Crippen LogP contribution is -2.19. The topological polar surface area (TPSA) is 64.5 Å². The molecule has 2 aromatic carbocycles. The van der Waals surface area contributed by atoms with E-state index in [1.165, 1.54) is 11.4 Å². The van der Waals surface area contributed by atoms with E-state index in [1.54, 1.807) is 6.21 Å². The molecule has 0 aliphatic carbocycles. The van der Waals surface area contributed by atoms with Crippen LogP contribution in [0, 0.1) is 6.92 Å². The fourth-order valence-electron chi connectivity index (χ4n) is 4.31. The van der Waals surface area contributed by atoms with Crippen LogP contribution in [0.1, 0.15) is 29.2 Å². The number of hydrogen-bond acceptors (Lipinski definition) is 4. The first-order valence-corrected chi connectivity index (χ1v) is 10.3. The van der Waals surface area contributed by atoms with Crippen molar-refractivity contribution in [2.75, 3.05) is 18.0 Å². The first-order chi connectivity index (χ1) is 14.7. The van der Waals surface area contributed by atoms with Crippen molar-refractivity contribution in [3.63, 3.8) is 0 Å². The molecule has 1 fully saturated rings. The first-order valence-electron chi connectivity index (χ1n) is 10.3. The molecule has 150 valence electrons. The lowest BCUT2D eigenvalue weighted by atomic mass is 10.0. The minimum atomic E-state index is 0.150. The molecule has 0 spiro atoms. The number of nitrogens with one attached hydrogen (secondary N) is 1. The van der Waals surface area contributed by atoms with Crippen LogP contribution in [0.5, 0.6) is 5.88 Å². The van der Waals surface area contributed by atoms with Gasteiger partial charge < -0.3 is 15.0 Å². The Morgan fingerprint density at radius 3 is 2.77 bits per heavy atom. The van der Waals surface area contributed by atoms with Crippen molar-refractivity contribution < 1.29 is 5.11 Å². The number of anilines is 1. The van der Waals surface area contributed by atoms with Crippen molar-refractivity contribution >= 4 is 28.5 Å². The number of pyridine rings is 1. The Labute approximate surface area is 175 Å². The summed E-state index contributed by atoms with van der Waals surface area (Å²) in [7, 11) is 0. The van der Waals surface area contributed by atoms with Gasteiger partial charge in [-0.3, -0.25) is 9.98 Å². The maximum absolute atomic E-state index is 10.3. The zero-order valence-corrected chi connectivity index (χ0v) is 16.9. The molecule has 1 atom stereocenters. The van der Waals surface area contributed by atoms with Crippen LogP contribution in [-0.2, 0) is 0 Å². The number of rotatable bonds is 4. The number of H-pyrrole nitrogens is 1. The van der Waals surface area contributed by atoms with Crippen molar-refractivity contribution in [1.29, 1.82) is 0 Å². The summed E-state index contributed by atoms with van der Waals surface area (Å²) in [4.78, 5) is 14.5. The minimum Gasteiger partial charge on any atom is -0.494 e. The molecule has 1 aliphatic rings. The largest absolute Gasteiger partial charge is 0.494 e. The molecule has 1 unspecified atom stereocenters. The number of aromatic amines is 1. The van der Waals surface area contributed by atoms with Gasteiger partial charge in [-0.1, -0.05) is 18.2 Å². The van der Waals surface area contributed by atoms with Gasteiger partial charge in [0, 0.05) is 53.7 Å². The van der Waals surface area contributed by atoms with E-state index in [0.29, 0.717) is 5.92 Å². The number of fused-ring (bicyclic) bond motifs is 1. The molecule has 30 heavy (non-hydrogen) atoms. The third-order valence-corrected chi connectivity index (χ3v) is 5.90. The molecular formula is C25H24N4O. The summed E-state index contributed by atoms with van der Waals surface area (Å²) in [5, 5.41) is 11.3. The van der Waals surface area contributed by atoms with Crippen LogP contribution in [0.2, 0.25) is 0 Å². The number of aromatic hydroxyl groups is 1. The SMILES string of the molecule is Cc1cccc2[nH]c(O)c(C=Nc3ccc(N4CCC(c5ccccn5)C4)cc3)c12. The van der Waals surface area contributed by atoms with Crippen molar-refractivity contribution in [3.05, 3.63) is 83.7 Å². The van der Waals surface area contributed by atoms with E-state index < -0.39 is 0 Å². The summed E-state index contributed by atoms with van der Waals surface area (Å²) >= 11 is 0. The number of aryl methyl sites for hydroxylation is 1. The number of aliphatic imine (C=N–C) groups is 1. The van der Waals surface area contributed by atoms with Gasteiger partial charge in [0.15, 0.2) is 5.88 Å². The Balaban J connectivity index is 1.32. The van der Waals surface area contributed by atoms with Crippen LogP contribution in [0.3, 0.4) is 0 Å². The Morgan fingerprint density at radius 2 is 1.97 bits per heavy atom. The number of benzene rings is 2. The molecule has 2 N–H and O–H groups in total. The average Bonchev–Trinajstić information content (AvgIpc) is 3.39. The van der Waals surface area contributed by atoms with Crippen molar-refractivity contribution in [3.8, 4) is 5.88 Å². The van der Waals surface area contributed by atoms with Gasteiger partial charge in [0.05, 0.1) is 11.3 Å². The van der Waals surface area contributed by atoms with Crippen LogP contribution in [0.4, 0.5) is 11.4 Å². The molecule has 2 aromatic heterocycles. The Kier molecular flexibility index (Phi) is 4.71. The highest BCUT2D eigenvalue weighted by Gasteiger charge is 2.24. The summed E-state index contributed by atoms with van der Waals surface area (Å²) in [6, 6.07) is 20.4. The molecular weight excluding hydrogens is 372 g/mol. The quantitative estimate of drug-likeness (QED) is 0.459. The lowest BCUT2D eigenvalue weighted by molar-refractivity contribution is 0.457. The second kappa shape index (κ2) is 7.67. The molecule has 5 rings (SSSR count). The molecule has 0 bridgehead atoms. The van der Waals surface area contributed by atoms with Gasteiger partial charge in [-0.2, -0.15) is 0 Å². The zero-order chi connectivity index (χ0) is 20.5. The fourth-order valence-corrected chi connectivity index (χ4v) is 4.31. The van der Waals surface area contributed by atoms with Crippen molar-refractivity contribution in [2.24, 2.45) is 4.99 Å². The molecule has 5 nitrogen and oxygen atoms in total. The predicted molar refractivity (Wildman–Crippen MR) is 122 cm³/mol. The summed E-state index contributed by atoms with van der Waals surface area (Å²) in [5.74, 6) is 0.634. The summed E-state index contributed by atoms with van der Waals surface area (Å²) < 4.78 is 0. The van der Waals surface area contributed by atoms with Gasteiger partial charge in [0.1, 0.15) is 0 Å². The van der Waals surface area contributed by atoms with E-state index in [-0.39, 0.29) is 5.88 Å². The van der Waals surface area contributed by atoms with Crippen LogP contribution >= 0.6 is 0 Å². The number of hydrogen-bond donors (Lipinski definition) is 2. The van der Waals surface area contributed by atoms with Crippen LogP contribution < -0.4 is 4.90 Å². The van der Waals surface area contributed by atoms with Gasteiger partial charge >= 0.3 is 0 Å². The molecule has 0 amide bonds. The first kappa shape index (κ1) is 18.4. The Bertz CT molecular complexity index is 1200. The molecule has 4 aromatic rings. The fraction of sp³-hybridized carbons (Fsp3) is 0.200. The van der Waals surface area contributed by atoms with Gasteiger partial charge in [-0.15, -0.1) is 0 Å². The van der Waals surface area contributed by atoms with E-state index >= 15 is 0 Å². The van der Waals surface area contributed by atoms with Gasteiger partial charge in [0.2, 0.25) is 0 Å². The standard InChI is InChI=1S/C25H24N4O/c1-17-5-4-7-23-24(17)21(25(30)28-23)15-27-19-8-10-20(11-9-19)29-14-12-18(16-29)22-6-2-3-13-26-22/h2-11,13,15,18,28,30H,12,14,16H2,1H3. The zero-order valence-electron chi connectivity index (χ0n) is 16.9.